The minimum absolute atomic E-state index is 0.285. The SMILES string of the molecule is Cc1c(Cl)cccc1-c1ccc(F)c(CN[C@H](C)C(C)C)n1. The lowest BCUT2D eigenvalue weighted by Crippen LogP contribution is -2.30. The predicted molar refractivity (Wildman–Crippen MR) is 90.5 cm³/mol. The molecule has 0 aliphatic rings. The van der Waals surface area contributed by atoms with E-state index in [1.165, 1.54) is 6.07 Å². The maximum atomic E-state index is 14.0. The summed E-state index contributed by atoms with van der Waals surface area (Å²) in [5, 5.41) is 4.01. The first-order chi connectivity index (χ1) is 10.4. The van der Waals surface area contributed by atoms with Crippen molar-refractivity contribution in [2.24, 2.45) is 5.92 Å². The lowest BCUT2D eigenvalue weighted by Gasteiger charge is -2.17. The highest BCUT2D eigenvalue weighted by Crippen LogP contribution is 2.27. The first kappa shape index (κ1) is 16.9. The highest BCUT2D eigenvalue weighted by atomic mass is 35.5. The van der Waals surface area contributed by atoms with Crippen molar-refractivity contribution in [3.05, 3.63) is 52.4 Å². The molecule has 0 spiro atoms. The summed E-state index contributed by atoms with van der Waals surface area (Å²) in [6.45, 7) is 8.72. The molecule has 0 saturated carbocycles. The first-order valence-electron chi connectivity index (χ1n) is 7.54. The number of halogens is 2. The second-order valence-electron chi connectivity index (χ2n) is 5.95. The van der Waals surface area contributed by atoms with Gasteiger partial charge in [0.15, 0.2) is 0 Å². The Kier molecular flexibility index (Phi) is 5.54. The van der Waals surface area contributed by atoms with Crippen molar-refractivity contribution in [3.8, 4) is 11.3 Å². The fourth-order valence-electron chi connectivity index (χ4n) is 2.14. The normalized spacial score (nSPS) is 12.7. The van der Waals surface area contributed by atoms with Crippen molar-refractivity contribution in [1.82, 2.24) is 10.3 Å². The van der Waals surface area contributed by atoms with Gasteiger partial charge in [0.25, 0.3) is 0 Å². The fraction of sp³-hybridized carbons (Fsp3) is 0.389. The fourth-order valence-corrected chi connectivity index (χ4v) is 2.31. The highest BCUT2D eigenvalue weighted by molar-refractivity contribution is 6.31. The monoisotopic (exact) mass is 320 g/mol. The molecule has 1 aromatic carbocycles. The average Bonchev–Trinajstić information content (AvgIpc) is 2.49. The zero-order valence-electron chi connectivity index (χ0n) is 13.5. The summed E-state index contributed by atoms with van der Waals surface area (Å²) in [6, 6.07) is 9.15. The third-order valence-electron chi connectivity index (χ3n) is 4.05. The Morgan fingerprint density at radius 3 is 2.59 bits per heavy atom. The van der Waals surface area contributed by atoms with E-state index < -0.39 is 0 Å². The van der Waals surface area contributed by atoms with E-state index in [2.05, 4.69) is 31.1 Å². The predicted octanol–water partition coefficient (Wildman–Crippen LogP) is 4.98. The van der Waals surface area contributed by atoms with Crippen LogP contribution in [-0.4, -0.2) is 11.0 Å². The minimum Gasteiger partial charge on any atom is -0.308 e. The average molecular weight is 321 g/mol. The largest absolute Gasteiger partial charge is 0.308 e. The van der Waals surface area contributed by atoms with Gasteiger partial charge in [-0.3, -0.25) is 0 Å². The minimum atomic E-state index is -0.285. The summed E-state index contributed by atoms with van der Waals surface area (Å²) in [4.78, 5) is 4.48. The van der Waals surface area contributed by atoms with E-state index in [9.17, 15) is 4.39 Å². The molecule has 0 saturated heterocycles. The molecule has 0 unspecified atom stereocenters. The zero-order valence-corrected chi connectivity index (χ0v) is 14.2. The molecule has 2 nitrogen and oxygen atoms in total. The van der Waals surface area contributed by atoms with Gasteiger partial charge in [-0.25, -0.2) is 9.37 Å². The van der Waals surface area contributed by atoms with Crippen LogP contribution in [0.25, 0.3) is 11.3 Å². The molecule has 1 heterocycles. The van der Waals surface area contributed by atoms with Gasteiger partial charge >= 0.3 is 0 Å². The molecule has 0 bridgehead atoms. The number of benzene rings is 1. The lowest BCUT2D eigenvalue weighted by molar-refractivity contribution is 0.418. The van der Waals surface area contributed by atoms with E-state index in [-0.39, 0.29) is 5.82 Å². The molecule has 2 aromatic rings. The Morgan fingerprint density at radius 1 is 1.18 bits per heavy atom. The van der Waals surface area contributed by atoms with Gasteiger partial charge < -0.3 is 5.32 Å². The summed E-state index contributed by atoms with van der Waals surface area (Å²) in [7, 11) is 0. The van der Waals surface area contributed by atoms with Crippen molar-refractivity contribution >= 4 is 11.6 Å². The number of rotatable bonds is 5. The third-order valence-corrected chi connectivity index (χ3v) is 4.46. The Hall–Kier alpha value is -1.45. The van der Waals surface area contributed by atoms with Gasteiger partial charge in [0, 0.05) is 23.2 Å². The van der Waals surface area contributed by atoms with Gasteiger partial charge in [0.1, 0.15) is 5.82 Å². The molecular formula is C18H22ClFN2. The van der Waals surface area contributed by atoms with Crippen LogP contribution in [0.4, 0.5) is 4.39 Å². The zero-order chi connectivity index (χ0) is 16.3. The van der Waals surface area contributed by atoms with Crippen LogP contribution in [0.5, 0.6) is 0 Å². The molecule has 4 heteroatoms. The van der Waals surface area contributed by atoms with Crippen LogP contribution in [0.2, 0.25) is 5.02 Å². The molecule has 118 valence electrons. The van der Waals surface area contributed by atoms with Crippen LogP contribution in [0.15, 0.2) is 30.3 Å². The summed E-state index contributed by atoms with van der Waals surface area (Å²) >= 11 is 6.16. The van der Waals surface area contributed by atoms with Crippen molar-refractivity contribution in [2.45, 2.75) is 40.3 Å². The highest BCUT2D eigenvalue weighted by Gasteiger charge is 2.12. The maximum Gasteiger partial charge on any atom is 0.146 e. The molecule has 0 radical (unpaired) electrons. The van der Waals surface area contributed by atoms with Gasteiger partial charge in [-0.2, -0.15) is 0 Å². The van der Waals surface area contributed by atoms with E-state index in [0.717, 1.165) is 16.8 Å². The molecular weight excluding hydrogens is 299 g/mol. The quantitative estimate of drug-likeness (QED) is 0.840. The summed E-state index contributed by atoms with van der Waals surface area (Å²) in [5.74, 6) is 0.202. The number of aromatic nitrogens is 1. The summed E-state index contributed by atoms with van der Waals surface area (Å²) in [5.41, 5.74) is 3.07. The molecule has 0 fully saturated rings. The third kappa shape index (κ3) is 3.84. The Balaban J connectivity index is 2.28. The van der Waals surface area contributed by atoms with E-state index >= 15 is 0 Å². The smallest absolute Gasteiger partial charge is 0.146 e. The van der Waals surface area contributed by atoms with E-state index in [4.69, 9.17) is 11.6 Å². The van der Waals surface area contributed by atoms with Gasteiger partial charge in [0.05, 0.1) is 11.4 Å². The van der Waals surface area contributed by atoms with Gasteiger partial charge in [-0.15, -0.1) is 0 Å². The van der Waals surface area contributed by atoms with E-state index in [1.807, 2.05) is 25.1 Å². The first-order valence-corrected chi connectivity index (χ1v) is 7.92. The molecule has 22 heavy (non-hydrogen) atoms. The Labute approximate surface area is 136 Å². The van der Waals surface area contributed by atoms with Gasteiger partial charge in [-0.1, -0.05) is 37.6 Å². The second-order valence-corrected chi connectivity index (χ2v) is 6.36. The summed E-state index contributed by atoms with van der Waals surface area (Å²) in [6.07, 6.45) is 0. The number of hydrogen-bond donors (Lipinski definition) is 1. The number of hydrogen-bond acceptors (Lipinski definition) is 2. The molecule has 1 N–H and O–H groups in total. The second kappa shape index (κ2) is 7.21. The van der Waals surface area contributed by atoms with Crippen molar-refractivity contribution in [3.63, 3.8) is 0 Å². The van der Waals surface area contributed by atoms with Crippen molar-refractivity contribution < 1.29 is 4.39 Å². The van der Waals surface area contributed by atoms with Crippen molar-refractivity contribution in [2.75, 3.05) is 0 Å². The van der Waals surface area contributed by atoms with Crippen LogP contribution in [0, 0.1) is 18.7 Å². The Morgan fingerprint density at radius 2 is 1.91 bits per heavy atom. The summed E-state index contributed by atoms with van der Waals surface area (Å²) < 4.78 is 14.0. The van der Waals surface area contributed by atoms with Crippen molar-refractivity contribution in [1.29, 1.82) is 0 Å². The molecule has 0 aliphatic heterocycles. The Bertz CT molecular complexity index is 656. The molecule has 1 atom stereocenters. The number of pyridine rings is 1. The van der Waals surface area contributed by atoms with Crippen LogP contribution in [0.3, 0.4) is 0 Å². The van der Waals surface area contributed by atoms with E-state index in [0.29, 0.717) is 29.2 Å². The topological polar surface area (TPSA) is 24.9 Å². The molecule has 2 rings (SSSR count). The molecule has 1 aromatic heterocycles. The van der Waals surface area contributed by atoms with E-state index in [1.54, 1.807) is 6.07 Å². The number of nitrogens with zero attached hydrogens (tertiary/aromatic N) is 1. The maximum absolute atomic E-state index is 14.0. The molecule has 0 aliphatic carbocycles. The van der Waals surface area contributed by atoms with Crippen LogP contribution >= 0.6 is 11.6 Å². The molecule has 0 amide bonds. The lowest BCUT2D eigenvalue weighted by atomic mass is 10.0. The van der Waals surface area contributed by atoms with Crippen LogP contribution < -0.4 is 5.32 Å². The standard InChI is InChI=1S/C18H22ClFN2/c1-11(2)13(4)21-10-18-16(20)8-9-17(22-18)14-6-5-7-15(19)12(14)3/h5-9,11,13,21H,10H2,1-4H3/t13-/m1/s1. The van der Waals surface area contributed by atoms with Crippen LogP contribution in [-0.2, 0) is 6.54 Å². The van der Waals surface area contributed by atoms with Gasteiger partial charge in [0.2, 0.25) is 0 Å². The van der Waals surface area contributed by atoms with Crippen LogP contribution in [0.1, 0.15) is 32.0 Å². The number of nitrogens with one attached hydrogen (secondary N) is 1. The van der Waals surface area contributed by atoms with Gasteiger partial charge in [-0.05, 0) is 43.5 Å².